The second-order valence-corrected chi connectivity index (χ2v) is 9.51. The molecule has 0 radical (unpaired) electrons. The van der Waals surface area contributed by atoms with Gasteiger partial charge in [0.15, 0.2) is 5.78 Å². The fraction of sp³-hybridized carbons (Fsp3) is 0.130. The fourth-order valence-electron chi connectivity index (χ4n) is 3.69. The first-order chi connectivity index (χ1) is 13.7. The highest BCUT2D eigenvalue weighted by Crippen LogP contribution is 2.45. The molecule has 3 aromatic rings. The molecule has 138 valence electrons. The van der Waals surface area contributed by atoms with Crippen LogP contribution in [0, 0.1) is 0 Å². The van der Waals surface area contributed by atoms with Crippen molar-refractivity contribution in [3.63, 3.8) is 0 Å². The number of nitrogens with one attached hydrogen (secondary N) is 1. The molecule has 0 unspecified atom stereocenters. The quantitative estimate of drug-likeness (QED) is 0.482. The van der Waals surface area contributed by atoms with E-state index in [1.165, 1.54) is 5.56 Å². The number of rotatable bonds is 3. The third-order valence-electron chi connectivity index (χ3n) is 5.03. The molecule has 1 amide bonds. The van der Waals surface area contributed by atoms with Gasteiger partial charge in [0.1, 0.15) is 0 Å². The summed E-state index contributed by atoms with van der Waals surface area (Å²) in [6.07, 6.45) is 0. The van der Waals surface area contributed by atoms with Crippen LogP contribution in [0.2, 0.25) is 0 Å². The van der Waals surface area contributed by atoms with Crippen molar-refractivity contribution in [2.24, 2.45) is 0 Å². The topological polar surface area (TPSA) is 46.2 Å². The van der Waals surface area contributed by atoms with Crippen LogP contribution in [0.4, 0.5) is 5.69 Å². The van der Waals surface area contributed by atoms with E-state index >= 15 is 0 Å². The lowest BCUT2D eigenvalue weighted by atomic mass is 10.0. The zero-order valence-electron chi connectivity index (χ0n) is 15.0. The van der Waals surface area contributed by atoms with Gasteiger partial charge in [-0.15, -0.1) is 23.5 Å². The normalized spacial score (nSPS) is 15.4. The van der Waals surface area contributed by atoms with Gasteiger partial charge in [0.2, 0.25) is 0 Å². The summed E-state index contributed by atoms with van der Waals surface area (Å²) in [5, 5.41) is 2.98. The van der Waals surface area contributed by atoms with Gasteiger partial charge in [-0.3, -0.25) is 9.59 Å². The standard InChI is InChI=1S/C23H17NO2S2/c25-21-19-7-2-1-6-17(19)18-9-8-14(13-20(18)21)22(26)24-16-5-3-4-15(12-16)23-27-10-11-28-23/h1-9,12-13,23H,10-11H2,(H,24,26). The molecule has 1 fully saturated rings. The highest BCUT2D eigenvalue weighted by atomic mass is 32.2. The van der Waals surface area contributed by atoms with E-state index in [1.54, 1.807) is 12.1 Å². The third kappa shape index (κ3) is 3.05. The van der Waals surface area contributed by atoms with Crippen molar-refractivity contribution in [2.45, 2.75) is 4.58 Å². The average Bonchev–Trinajstić information content (AvgIpc) is 3.36. The van der Waals surface area contributed by atoms with Gasteiger partial charge >= 0.3 is 0 Å². The molecule has 0 bridgehead atoms. The Balaban J connectivity index is 1.40. The summed E-state index contributed by atoms with van der Waals surface area (Å²) >= 11 is 3.88. The Morgan fingerprint density at radius 2 is 1.57 bits per heavy atom. The summed E-state index contributed by atoms with van der Waals surface area (Å²) in [6.45, 7) is 0. The molecule has 1 aliphatic heterocycles. The Hall–Kier alpha value is -2.50. The predicted molar refractivity (Wildman–Crippen MR) is 117 cm³/mol. The van der Waals surface area contributed by atoms with Gasteiger partial charge in [0, 0.05) is 33.9 Å². The third-order valence-corrected chi connectivity index (χ3v) is 8.13. The van der Waals surface area contributed by atoms with Gasteiger partial charge in [-0.05, 0) is 41.0 Å². The summed E-state index contributed by atoms with van der Waals surface area (Å²) in [6, 6.07) is 21.0. The number of anilines is 1. The Bertz CT molecular complexity index is 1100. The SMILES string of the molecule is O=C(Nc1cccc(C2SCCS2)c1)c1ccc2c(c1)C(=O)c1ccccc1-2. The van der Waals surface area contributed by atoms with Gasteiger partial charge in [-0.1, -0.05) is 42.5 Å². The molecule has 3 nitrogen and oxygen atoms in total. The van der Waals surface area contributed by atoms with Gasteiger partial charge in [0.05, 0.1) is 4.58 Å². The zero-order chi connectivity index (χ0) is 19.1. The molecular weight excluding hydrogens is 386 g/mol. The minimum atomic E-state index is -0.199. The maximum Gasteiger partial charge on any atom is 0.255 e. The number of carbonyl (C=O) groups excluding carboxylic acids is 2. The highest BCUT2D eigenvalue weighted by molar-refractivity contribution is 8.19. The van der Waals surface area contributed by atoms with E-state index in [9.17, 15) is 9.59 Å². The van der Waals surface area contributed by atoms with Gasteiger partial charge in [-0.2, -0.15) is 0 Å². The van der Waals surface area contributed by atoms with Crippen molar-refractivity contribution in [1.82, 2.24) is 0 Å². The molecular formula is C23H17NO2S2. The minimum Gasteiger partial charge on any atom is -0.322 e. The smallest absolute Gasteiger partial charge is 0.255 e. The molecule has 0 saturated carbocycles. The molecule has 1 heterocycles. The molecule has 5 rings (SSSR count). The molecule has 0 atom stereocenters. The van der Waals surface area contributed by atoms with Gasteiger partial charge in [0.25, 0.3) is 5.91 Å². The summed E-state index contributed by atoms with van der Waals surface area (Å²) in [5.41, 5.74) is 5.64. The summed E-state index contributed by atoms with van der Waals surface area (Å²) < 4.78 is 0.438. The van der Waals surface area contributed by atoms with E-state index < -0.39 is 0 Å². The Morgan fingerprint density at radius 3 is 2.39 bits per heavy atom. The number of ketones is 1. The second kappa shape index (κ2) is 7.15. The van der Waals surface area contributed by atoms with Crippen molar-refractivity contribution in [2.75, 3.05) is 16.8 Å². The van der Waals surface area contributed by atoms with Crippen molar-refractivity contribution in [3.05, 3.63) is 89.0 Å². The Labute approximate surface area is 171 Å². The first kappa shape index (κ1) is 17.6. The van der Waals surface area contributed by atoms with E-state index in [4.69, 9.17) is 0 Å². The number of hydrogen-bond donors (Lipinski definition) is 1. The van der Waals surface area contributed by atoms with E-state index in [0.717, 1.165) is 28.3 Å². The number of fused-ring (bicyclic) bond motifs is 3. The van der Waals surface area contributed by atoms with Crippen molar-refractivity contribution in [1.29, 1.82) is 0 Å². The predicted octanol–water partition coefficient (Wildman–Crippen LogP) is 5.63. The molecule has 5 heteroatoms. The van der Waals surface area contributed by atoms with Crippen molar-refractivity contribution >= 4 is 40.9 Å². The molecule has 1 N–H and O–H groups in total. The lowest BCUT2D eigenvalue weighted by molar-refractivity contribution is 0.102. The van der Waals surface area contributed by atoms with Crippen LogP contribution in [0.15, 0.2) is 66.7 Å². The summed E-state index contributed by atoms with van der Waals surface area (Å²) in [4.78, 5) is 25.5. The zero-order valence-corrected chi connectivity index (χ0v) is 16.6. The first-order valence-electron chi connectivity index (χ1n) is 9.13. The van der Waals surface area contributed by atoms with Crippen LogP contribution in [-0.4, -0.2) is 23.2 Å². The first-order valence-corrected chi connectivity index (χ1v) is 11.2. The molecule has 2 aliphatic rings. The second-order valence-electron chi connectivity index (χ2n) is 6.79. The van der Waals surface area contributed by atoms with Gasteiger partial charge in [-0.25, -0.2) is 0 Å². The average molecular weight is 404 g/mol. The van der Waals surface area contributed by atoms with Crippen LogP contribution < -0.4 is 5.32 Å². The summed E-state index contributed by atoms with van der Waals surface area (Å²) in [5.74, 6) is 2.11. The lowest BCUT2D eigenvalue weighted by Gasteiger charge is -2.11. The van der Waals surface area contributed by atoms with E-state index in [2.05, 4.69) is 11.4 Å². The molecule has 28 heavy (non-hydrogen) atoms. The van der Waals surface area contributed by atoms with Crippen LogP contribution in [0.25, 0.3) is 11.1 Å². The van der Waals surface area contributed by atoms with Crippen molar-refractivity contribution in [3.8, 4) is 11.1 Å². The monoisotopic (exact) mass is 403 g/mol. The van der Waals surface area contributed by atoms with E-state index in [0.29, 0.717) is 21.3 Å². The Kier molecular flexibility index (Phi) is 4.49. The number of benzene rings is 3. The molecule has 3 aromatic carbocycles. The van der Waals surface area contributed by atoms with Crippen LogP contribution in [0.1, 0.15) is 36.4 Å². The maximum atomic E-state index is 12.8. The van der Waals surface area contributed by atoms with Crippen LogP contribution in [0.3, 0.4) is 0 Å². The van der Waals surface area contributed by atoms with Gasteiger partial charge < -0.3 is 5.32 Å². The number of amides is 1. The summed E-state index contributed by atoms with van der Waals surface area (Å²) in [7, 11) is 0. The number of carbonyl (C=O) groups is 2. The largest absolute Gasteiger partial charge is 0.322 e. The van der Waals surface area contributed by atoms with Crippen LogP contribution in [-0.2, 0) is 0 Å². The highest BCUT2D eigenvalue weighted by Gasteiger charge is 2.27. The number of thioether (sulfide) groups is 2. The molecule has 0 spiro atoms. The molecule has 1 aliphatic carbocycles. The van der Waals surface area contributed by atoms with E-state index in [-0.39, 0.29) is 11.7 Å². The fourth-order valence-corrected chi connectivity index (χ4v) is 6.52. The minimum absolute atomic E-state index is 0.0162. The Morgan fingerprint density at radius 1 is 0.821 bits per heavy atom. The van der Waals surface area contributed by atoms with Crippen molar-refractivity contribution < 1.29 is 9.59 Å². The number of hydrogen-bond acceptors (Lipinski definition) is 4. The molecule has 1 saturated heterocycles. The van der Waals surface area contributed by atoms with Crippen LogP contribution >= 0.6 is 23.5 Å². The molecule has 0 aromatic heterocycles. The maximum absolute atomic E-state index is 12.8. The van der Waals surface area contributed by atoms with Crippen LogP contribution in [0.5, 0.6) is 0 Å². The lowest BCUT2D eigenvalue weighted by Crippen LogP contribution is -2.12. The van der Waals surface area contributed by atoms with E-state index in [1.807, 2.05) is 72.1 Å².